The van der Waals surface area contributed by atoms with Crippen LogP contribution in [0.15, 0.2) is 0 Å². The van der Waals surface area contributed by atoms with Crippen molar-refractivity contribution in [1.82, 2.24) is 0 Å². The number of hydrogen-bond donors (Lipinski definition) is 0. The molecule has 0 aromatic carbocycles. The maximum atomic E-state index is 11.7. The summed E-state index contributed by atoms with van der Waals surface area (Å²) < 4.78 is 5.10. The molecule has 0 aliphatic rings. The number of rotatable bonds is 15. The number of aldehydes is 1. The first-order chi connectivity index (χ1) is 10.3. The van der Waals surface area contributed by atoms with E-state index in [-0.39, 0.29) is 5.97 Å². The number of unbranched alkanes of at least 4 members (excludes halogenated alkanes) is 9. The summed E-state index contributed by atoms with van der Waals surface area (Å²) >= 11 is 0. The van der Waals surface area contributed by atoms with Gasteiger partial charge in [-0.1, -0.05) is 78.1 Å². The molecule has 0 fully saturated rings. The Balaban J connectivity index is 3.50. The summed E-state index contributed by atoms with van der Waals surface area (Å²) in [6.07, 6.45) is 14.5. The highest BCUT2D eigenvalue weighted by Gasteiger charge is 2.18. The van der Waals surface area contributed by atoms with Crippen LogP contribution >= 0.6 is 0 Å². The number of ether oxygens (including phenoxy) is 1. The lowest BCUT2D eigenvalue weighted by Gasteiger charge is -2.10. The van der Waals surface area contributed by atoms with Gasteiger partial charge in [0.15, 0.2) is 0 Å². The molecule has 0 aromatic rings. The molecule has 0 saturated heterocycles. The zero-order valence-corrected chi connectivity index (χ0v) is 14.1. The van der Waals surface area contributed by atoms with Crippen molar-refractivity contribution in [3.63, 3.8) is 0 Å². The minimum absolute atomic E-state index is 0.335. The Morgan fingerprint density at radius 1 is 0.857 bits per heavy atom. The molecule has 0 aliphatic carbocycles. The zero-order chi connectivity index (χ0) is 15.8. The largest absolute Gasteiger partial charge is 0.465 e. The van der Waals surface area contributed by atoms with Gasteiger partial charge in [-0.2, -0.15) is 0 Å². The van der Waals surface area contributed by atoms with Crippen molar-refractivity contribution in [1.29, 1.82) is 0 Å². The van der Waals surface area contributed by atoms with Gasteiger partial charge in [-0.25, -0.2) is 0 Å². The fourth-order valence-corrected chi connectivity index (χ4v) is 2.34. The molecule has 0 spiro atoms. The van der Waals surface area contributed by atoms with E-state index in [1.54, 1.807) is 0 Å². The quantitative estimate of drug-likeness (QED) is 0.183. The van der Waals surface area contributed by atoms with Crippen molar-refractivity contribution in [2.24, 2.45) is 5.92 Å². The highest BCUT2D eigenvalue weighted by molar-refractivity contribution is 5.87. The van der Waals surface area contributed by atoms with Crippen molar-refractivity contribution in [2.75, 3.05) is 6.61 Å². The van der Waals surface area contributed by atoms with Gasteiger partial charge in [0.05, 0.1) is 6.61 Å². The van der Waals surface area contributed by atoms with E-state index < -0.39 is 5.92 Å². The number of carbonyl (C=O) groups excluding carboxylic acids is 2. The Labute approximate surface area is 130 Å². The van der Waals surface area contributed by atoms with Crippen molar-refractivity contribution in [3.05, 3.63) is 0 Å². The Morgan fingerprint density at radius 3 is 1.90 bits per heavy atom. The SMILES string of the molecule is CCCCCCCCCCCC(C=O)C(=O)OCCCC. The van der Waals surface area contributed by atoms with Crippen molar-refractivity contribution in [3.8, 4) is 0 Å². The fraction of sp³-hybridized carbons (Fsp3) is 0.889. The first kappa shape index (κ1) is 20.1. The van der Waals surface area contributed by atoms with Crippen molar-refractivity contribution >= 4 is 12.3 Å². The van der Waals surface area contributed by atoms with Gasteiger partial charge in [0, 0.05) is 0 Å². The second kappa shape index (κ2) is 15.5. The molecule has 0 amide bonds. The molecule has 0 heterocycles. The minimum Gasteiger partial charge on any atom is -0.465 e. The molecule has 0 saturated carbocycles. The normalized spacial score (nSPS) is 12.1. The summed E-state index contributed by atoms with van der Waals surface area (Å²) in [5, 5.41) is 0. The predicted octanol–water partition coefficient (Wildman–Crippen LogP) is 5.07. The average Bonchev–Trinajstić information content (AvgIpc) is 2.49. The van der Waals surface area contributed by atoms with Crippen LogP contribution in [-0.2, 0) is 14.3 Å². The Morgan fingerprint density at radius 2 is 1.38 bits per heavy atom. The molecule has 124 valence electrons. The molecule has 3 nitrogen and oxygen atoms in total. The third-order valence-electron chi connectivity index (χ3n) is 3.83. The van der Waals surface area contributed by atoms with E-state index in [4.69, 9.17) is 4.74 Å². The molecule has 0 aliphatic heterocycles. The lowest BCUT2D eigenvalue weighted by Crippen LogP contribution is -2.19. The second-order valence-electron chi connectivity index (χ2n) is 5.88. The Bertz CT molecular complexity index is 251. The summed E-state index contributed by atoms with van der Waals surface area (Å²) in [7, 11) is 0. The van der Waals surface area contributed by atoms with E-state index in [2.05, 4.69) is 6.92 Å². The third kappa shape index (κ3) is 12.6. The van der Waals surface area contributed by atoms with E-state index >= 15 is 0 Å². The van der Waals surface area contributed by atoms with Gasteiger partial charge in [0.2, 0.25) is 0 Å². The standard InChI is InChI=1S/C18H34O3/c1-3-5-7-8-9-10-11-12-13-14-17(16-19)18(20)21-15-6-4-2/h16-17H,3-15H2,1-2H3. The Hall–Kier alpha value is -0.860. The minimum atomic E-state index is -0.550. The third-order valence-corrected chi connectivity index (χ3v) is 3.83. The first-order valence-electron chi connectivity index (χ1n) is 8.88. The van der Waals surface area contributed by atoms with Crippen LogP contribution in [0.5, 0.6) is 0 Å². The smallest absolute Gasteiger partial charge is 0.316 e. The topological polar surface area (TPSA) is 43.4 Å². The molecule has 0 rings (SSSR count). The highest BCUT2D eigenvalue weighted by Crippen LogP contribution is 2.14. The van der Waals surface area contributed by atoms with Crippen LogP contribution in [0.2, 0.25) is 0 Å². The lowest BCUT2D eigenvalue weighted by molar-refractivity contribution is -0.150. The highest BCUT2D eigenvalue weighted by atomic mass is 16.5. The molecule has 1 unspecified atom stereocenters. The van der Waals surface area contributed by atoms with Gasteiger partial charge in [-0.3, -0.25) is 4.79 Å². The molecule has 3 heteroatoms. The van der Waals surface area contributed by atoms with Crippen LogP contribution in [0.25, 0.3) is 0 Å². The number of carbonyl (C=O) groups is 2. The summed E-state index contributed by atoms with van der Waals surface area (Å²) in [5.41, 5.74) is 0. The molecule has 0 N–H and O–H groups in total. The second-order valence-corrected chi connectivity index (χ2v) is 5.88. The van der Waals surface area contributed by atoms with Gasteiger partial charge in [0.25, 0.3) is 0 Å². The first-order valence-corrected chi connectivity index (χ1v) is 8.88. The summed E-state index contributed by atoms with van der Waals surface area (Å²) in [5.74, 6) is -0.885. The number of hydrogen-bond acceptors (Lipinski definition) is 3. The van der Waals surface area contributed by atoms with Crippen LogP contribution in [0, 0.1) is 5.92 Å². The van der Waals surface area contributed by atoms with Gasteiger partial charge < -0.3 is 9.53 Å². The summed E-state index contributed by atoms with van der Waals surface area (Å²) in [6, 6.07) is 0. The van der Waals surface area contributed by atoms with Crippen LogP contribution in [0.3, 0.4) is 0 Å². The molecular formula is C18H34O3. The molecule has 21 heavy (non-hydrogen) atoms. The van der Waals surface area contributed by atoms with Gasteiger partial charge in [-0.05, 0) is 12.8 Å². The monoisotopic (exact) mass is 298 g/mol. The van der Waals surface area contributed by atoms with Gasteiger partial charge >= 0.3 is 5.97 Å². The van der Waals surface area contributed by atoms with Crippen LogP contribution in [0.4, 0.5) is 0 Å². The van der Waals surface area contributed by atoms with Crippen molar-refractivity contribution < 1.29 is 14.3 Å². The average molecular weight is 298 g/mol. The van der Waals surface area contributed by atoms with E-state index in [1.807, 2.05) is 6.92 Å². The summed E-state index contributed by atoms with van der Waals surface area (Å²) in [4.78, 5) is 22.6. The molecule has 0 bridgehead atoms. The van der Waals surface area contributed by atoms with E-state index in [0.717, 1.165) is 32.0 Å². The number of esters is 1. The van der Waals surface area contributed by atoms with Crippen LogP contribution in [0.1, 0.15) is 90.9 Å². The predicted molar refractivity (Wildman–Crippen MR) is 87.3 cm³/mol. The van der Waals surface area contributed by atoms with Gasteiger partial charge in [-0.15, -0.1) is 0 Å². The molecule has 1 atom stereocenters. The van der Waals surface area contributed by atoms with Gasteiger partial charge in [0.1, 0.15) is 12.2 Å². The lowest BCUT2D eigenvalue weighted by atomic mass is 10.0. The molecule has 0 radical (unpaired) electrons. The van der Waals surface area contributed by atoms with Crippen LogP contribution < -0.4 is 0 Å². The van der Waals surface area contributed by atoms with E-state index in [9.17, 15) is 9.59 Å². The molecule has 0 aromatic heterocycles. The van der Waals surface area contributed by atoms with E-state index in [1.165, 1.54) is 44.9 Å². The fourth-order valence-electron chi connectivity index (χ4n) is 2.34. The zero-order valence-electron chi connectivity index (χ0n) is 14.1. The van der Waals surface area contributed by atoms with E-state index in [0.29, 0.717) is 13.0 Å². The Kier molecular flexibility index (Phi) is 14.9. The summed E-state index contributed by atoms with van der Waals surface area (Å²) in [6.45, 7) is 4.72. The van der Waals surface area contributed by atoms with Crippen LogP contribution in [-0.4, -0.2) is 18.9 Å². The molecular weight excluding hydrogens is 264 g/mol. The van der Waals surface area contributed by atoms with Crippen molar-refractivity contribution in [2.45, 2.75) is 90.9 Å². The maximum absolute atomic E-state index is 11.7. The maximum Gasteiger partial charge on any atom is 0.316 e.